The Morgan fingerprint density at radius 1 is 1.19 bits per heavy atom. The van der Waals surface area contributed by atoms with Crippen LogP contribution in [0, 0.1) is 5.82 Å². The van der Waals surface area contributed by atoms with Gasteiger partial charge in [-0.2, -0.15) is 0 Å². The maximum atomic E-state index is 13.5. The summed E-state index contributed by atoms with van der Waals surface area (Å²) in [5, 5.41) is 4.44. The first kappa shape index (κ1) is 14.0. The summed E-state index contributed by atoms with van der Waals surface area (Å²) in [6.07, 6.45) is 6.04. The molecule has 0 bridgehead atoms. The molecular formula is C15H14ClFN4. The van der Waals surface area contributed by atoms with Crippen LogP contribution < -0.4 is 5.32 Å². The molecule has 6 heteroatoms. The van der Waals surface area contributed by atoms with Gasteiger partial charge in [0, 0.05) is 41.1 Å². The summed E-state index contributed by atoms with van der Waals surface area (Å²) in [6, 6.07) is 4.92. The second-order valence-electron chi connectivity index (χ2n) is 5.02. The molecule has 2 N–H and O–H groups in total. The van der Waals surface area contributed by atoms with Crippen LogP contribution >= 0.6 is 12.4 Å². The molecule has 0 saturated heterocycles. The summed E-state index contributed by atoms with van der Waals surface area (Å²) < 4.78 is 13.5. The fraction of sp³-hybridized carbons (Fsp3) is 0.200. The van der Waals surface area contributed by atoms with Crippen LogP contribution in [0.2, 0.25) is 0 Å². The first-order valence-electron chi connectivity index (χ1n) is 6.61. The Bertz CT molecular complexity index is 772. The molecule has 2 aromatic heterocycles. The van der Waals surface area contributed by atoms with E-state index in [-0.39, 0.29) is 24.3 Å². The van der Waals surface area contributed by atoms with Crippen LogP contribution in [0.25, 0.3) is 10.9 Å². The second-order valence-corrected chi connectivity index (χ2v) is 5.02. The van der Waals surface area contributed by atoms with Crippen molar-refractivity contribution in [3.8, 4) is 0 Å². The molecule has 4 rings (SSSR count). The van der Waals surface area contributed by atoms with Crippen LogP contribution in [-0.2, 0) is 6.42 Å². The number of benzene rings is 1. The minimum Gasteiger partial charge on any atom is -0.357 e. The van der Waals surface area contributed by atoms with Crippen LogP contribution in [-0.4, -0.2) is 21.5 Å². The molecule has 1 aliphatic heterocycles. The fourth-order valence-electron chi connectivity index (χ4n) is 2.94. The molecule has 1 atom stereocenters. The van der Waals surface area contributed by atoms with E-state index in [1.165, 1.54) is 18.0 Å². The van der Waals surface area contributed by atoms with E-state index in [9.17, 15) is 4.39 Å². The van der Waals surface area contributed by atoms with E-state index in [0.717, 1.165) is 35.1 Å². The Balaban J connectivity index is 0.00000132. The summed E-state index contributed by atoms with van der Waals surface area (Å²) in [7, 11) is 0. The van der Waals surface area contributed by atoms with Gasteiger partial charge in [-0.05, 0) is 30.2 Å². The molecule has 4 nitrogen and oxygen atoms in total. The molecule has 0 radical (unpaired) electrons. The van der Waals surface area contributed by atoms with E-state index >= 15 is 0 Å². The van der Waals surface area contributed by atoms with Crippen molar-refractivity contribution in [2.45, 2.75) is 12.5 Å². The number of fused-ring (bicyclic) bond motifs is 3. The first-order chi connectivity index (χ1) is 9.83. The number of rotatable bonds is 1. The molecule has 1 aliphatic rings. The van der Waals surface area contributed by atoms with E-state index in [4.69, 9.17) is 0 Å². The van der Waals surface area contributed by atoms with Gasteiger partial charge in [-0.3, -0.25) is 0 Å². The highest BCUT2D eigenvalue weighted by atomic mass is 35.5. The molecular weight excluding hydrogens is 291 g/mol. The van der Waals surface area contributed by atoms with Gasteiger partial charge in [0.1, 0.15) is 12.1 Å². The molecule has 0 aliphatic carbocycles. The number of nitrogens with zero attached hydrogens (tertiary/aromatic N) is 2. The average molecular weight is 305 g/mol. The van der Waals surface area contributed by atoms with Crippen LogP contribution in [0.5, 0.6) is 0 Å². The number of nitrogens with one attached hydrogen (secondary N) is 2. The Kier molecular flexibility index (Phi) is 3.61. The minimum atomic E-state index is -0.197. The van der Waals surface area contributed by atoms with Gasteiger partial charge in [0.05, 0.1) is 6.04 Å². The fourth-order valence-corrected chi connectivity index (χ4v) is 2.94. The van der Waals surface area contributed by atoms with Gasteiger partial charge in [-0.1, -0.05) is 0 Å². The van der Waals surface area contributed by atoms with Crippen LogP contribution in [0.1, 0.15) is 22.9 Å². The normalized spacial score (nSPS) is 17.3. The van der Waals surface area contributed by atoms with Crippen molar-refractivity contribution < 1.29 is 4.39 Å². The van der Waals surface area contributed by atoms with E-state index in [1.807, 2.05) is 12.4 Å². The Labute approximate surface area is 127 Å². The number of aromatic amines is 1. The van der Waals surface area contributed by atoms with Crippen LogP contribution in [0.3, 0.4) is 0 Å². The third-order valence-corrected chi connectivity index (χ3v) is 3.83. The number of hydrogen-bond acceptors (Lipinski definition) is 3. The molecule has 0 spiro atoms. The van der Waals surface area contributed by atoms with Gasteiger partial charge in [0.15, 0.2) is 0 Å². The predicted molar refractivity (Wildman–Crippen MR) is 81.1 cm³/mol. The minimum absolute atomic E-state index is 0. The topological polar surface area (TPSA) is 53.6 Å². The van der Waals surface area contributed by atoms with E-state index < -0.39 is 0 Å². The summed E-state index contributed by atoms with van der Waals surface area (Å²) in [5.41, 5.74) is 4.26. The van der Waals surface area contributed by atoms with E-state index in [1.54, 1.807) is 12.1 Å². The van der Waals surface area contributed by atoms with Gasteiger partial charge < -0.3 is 10.3 Å². The lowest BCUT2D eigenvalue weighted by atomic mass is 9.96. The zero-order valence-electron chi connectivity index (χ0n) is 11.1. The van der Waals surface area contributed by atoms with Crippen molar-refractivity contribution in [3.05, 3.63) is 59.6 Å². The van der Waals surface area contributed by atoms with Crippen molar-refractivity contribution >= 4 is 23.3 Å². The smallest absolute Gasteiger partial charge is 0.123 e. The lowest BCUT2D eigenvalue weighted by Gasteiger charge is -2.24. The number of hydrogen-bond donors (Lipinski definition) is 2. The summed E-state index contributed by atoms with van der Waals surface area (Å²) >= 11 is 0. The van der Waals surface area contributed by atoms with Crippen LogP contribution in [0.15, 0.2) is 36.9 Å². The largest absolute Gasteiger partial charge is 0.357 e. The van der Waals surface area contributed by atoms with Gasteiger partial charge in [0.2, 0.25) is 0 Å². The van der Waals surface area contributed by atoms with Crippen molar-refractivity contribution in [3.63, 3.8) is 0 Å². The van der Waals surface area contributed by atoms with Gasteiger partial charge in [-0.25, -0.2) is 14.4 Å². The van der Waals surface area contributed by atoms with Gasteiger partial charge >= 0.3 is 0 Å². The number of aromatic nitrogens is 3. The lowest BCUT2D eigenvalue weighted by molar-refractivity contribution is 0.557. The quantitative estimate of drug-likeness (QED) is 0.727. The number of halogens is 2. The Hall–Kier alpha value is -1.98. The zero-order valence-corrected chi connectivity index (χ0v) is 12.0. The first-order valence-corrected chi connectivity index (χ1v) is 6.61. The van der Waals surface area contributed by atoms with E-state index in [2.05, 4.69) is 20.3 Å². The molecule has 108 valence electrons. The summed E-state index contributed by atoms with van der Waals surface area (Å²) in [6.45, 7) is 0.857. The van der Waals surface area contributed by atoms with Crippen molar-refractivity contribution in [1.29, 1.82) is 0 Å². The van der Waals surface area contributed by atoms with Crippen molar-refractivity contribution in [2.24, 2.45) is 0 Å². The maximum absolute atomic E-state index is 13.5. The molecule has 0 saturated carbocycles. The molecule has 1 unspecified atom stereocenters. The highest BCUT2D eigenvalue weighted by Gasteiger charge is 2.25. The highest BCUT2D eigenvalue weighted by molar-refractivity contribution is 5.85. The standard InChI is InChI=1S/C15H13FN4.ClH/c16-10-1-2-13-12(5-10)11-3-4-19-14(15(11)20-13)9-6-17-8-18-7-9;/h1-2,5-8,14,19-20H,3-4H2;1H. The Morgan fingerprint density at radius 2 is 2.00 bits per heavy atom. The average Bonchev–Trinajstić information content (AvgIpc) is 2.86. The summed E-state index contributed by atoms with van der Waals surface area (Å²) in [5.74, 6) is -0.197. The summed E-state index contributed by atoms with van der Waals surface area (Å²) in [4.78, 5) is 11.6. The predicted octanol–water partition coefficient (Wildman–Crippen LogP) is 2.75. The monoisotopic (exact) mass is 304 g/mol. The van der Waals surface area contributed by atoms with Gasteiger partial charge in [-0.15, -0.1) is 12.4 Å². The third kappa shape index (κ3) is 2.28. The molecule has 1 aromatic carbocycles. The van der Waals surface area contributed by atoms with Crippen molar-refractivity contribution in [2.75, 3.05) is 6.54 Å². The van der Waals surface area contributed by atoms with Crippen molar-refractivity contribution in [1.82, 2.24) is 20.3 Å². The maximum Gasteiger partial charge on any atom is 0.123 e. The molecule has 3 heterocycles. The van der Waals surface area contributed by atoms with E-state index in [0.29, 0.717) is 0 Å². The zero-order chi connectivity index (χ0) is 13.5. The third-order valence-electron chi connectivity index (χ3n) is 3.83. The molecule has 21 heavy (non-hydrogen) atoms. The lowest BCUT2D eigenvalue weighted by Crippen LogP contribution is -2.30. The molecule has 3 aromatic rings. The molecule has 0 amide bonds. The Morgan fingerprint density at radius 3 is 2.81 bits per heavy atom. The SMILES string of the molecule is Cl.Fc1ccc2[nH]c3c(c2c1)CCNC3c1cncnc1. The second kappa shape index (κ2) is 5.42. The molecule has 0 fully saturated rings. The highest BCUT2D eigenvalue weighted by Crippen LogP contribution is 2.33. The van der Waals surface area contributed by atoms with Gasteiger partial charge in [0.25, 0.3) is 0 Å². The van der Waals surface area contributed by atoms with Crippen LogP contribution in [0.4, 0.5) is 4.39 Å². The number of H-pyrrole nitrogens is 1.